The van der Waals surface area contributed by atoms with Crippen LogP contribution in [0.3, 0.4) is 0 Å². The monoisotopic (exact) mass is 449 g/mol. The number of aliphatic hydroxyl groups is 1. The molecule has 1 aliphatic heterocycles. The van der Waals surface area contributed by atoms with Crippen LogP contribution < -0.4 is 20.1 Å². The van der Waals surface area contributed by atoms with Gasteiger partial charge in [0.05, 0.1) is 19.8 Å². The highest BCUT2D eigenvalue weighted by atomic mass is 127. The number of benzene rings is 1. The molecule has 0 unspecified atom stereocenters. The second-order valence-corrected chi connectivity index (χ2v) is 6.35. The molecule has 6 nitrogen and oxygen atoms in total. The van der Waals surface area contributed by atoms with E-state index in [9.17, 15) is 5.11 Å². The van der Waals surface area contributed by atoms with Crippen molar-refractivity contribution in [2.45, 2.75) is 27.2 Å². The summed E-state index contributed by atoms with van der Waals surface area (Å²) in [5, 5.41) is 15.8. The third kappa shape index (κ3) is 6.35. The summed E-state index contributed by atoms with van der Waals surface area (Å²) in [7, 11) is 0. The van der Waals surface area contributed by atoms with Crippen LogP contribution in [0, 0.1) is 5.41 Å². The molecule has 1 heterocycles. The summed E-state index contributed by atoms with van der Waals surface area (Å²) in [6.07, 6.45) is 0.887. The highest BCUT2D eigenvalue weighted by Gasteiger charge is 2.16. The summed E-state index contributed by atoms with van der Waals surface area (Å²) in [6, 6.07) is 5.77. The van der Waals surface area contributed by atoms with Crippen molar-refractivity contribution in [1.29, 1.82) is 0 Å². The average molecular weight is 449 g/mol. The second kappa shape index (κ2) is 9.93. The van der Waals surface area contributed by atoms with Crippen LogP contribution in [-0.2, 0) is 0 Å². The molecule has 136 valence electrons. The van der Waals surface area contributed by atoms with E-state index in [1.54, 1.807) is 0 Å². The van der Waals surface area contributed by atoms with Crippen LogP contribution >= 0.6 is 24.0 Å². The fourth-order valence-electron chi connectivity index (χ4n) is 2.03. The van der Waals surface area contributed by atoms with Gasteiger partial charge < -0.3 is 25.2 Å². The molecule has 0 radical (unpaired) electrons. The van der Waals surface area contributed by atoms with Crippen molar-refractivity contribution in [3.63, 3.8) is 0 Å². The molecule has 3 N–H and O–H groups in total. The highest BCUT2D eigenvalue weighted by Crippen LogP contribution is 2.32. The predicted octanol–water partition coefficient (Wildman–Crippen LogP) is 2.86. The molecule has 0 saturated carbocycles. The highest BCUT2D eigenvalue weighted by molar-refractivity contribution is 14.0. The number of fused-ring (bicyclic) bond motifs is 1. The zero-order valence-electron chi connectivity index (χ0n) is 14.6. The van der Waals surface area contributed by atoms with Gasteiger partial charge in [0.2, 0.25) is 0 Å². The molecule has 24 heavy (non-hydrogen) atoms. The predicted molar refractivity (Wildman–Crippen MR) is 108 cm³/mol. The number of hydrogen-bond acceptors (Lipinski definition) is 4. The maximum absolute atomic E-state index is 9.35. The van der Waals surface area contributed by atoms with Crippen LogP contribution in [0.5, 0.6) is 11.5 Å². The Morgan fingerprint density at radius 2 is 1.96 bits per heavy atom. The molecule has 2 rings (SSSR count). The number of anilines is 1. The second-order valence-electron chi connectivity index (χ2n) is 6.35. The van der Waals surface area contributed by atoms with E-state index in [1.807, 2.05) is 39.0 Å². The lowest BCUT2D eigenvalue weighted by molar-refractivity contribution is 0.167. The normalized spacial score (nSPS) is 14.4. The lowest BCUT2D eigenvalue weighted by atomic mass is 9.95. The Kier molecular flexibility index (Phi) is 8.61. The summed E-state index contributed by atoms with van der Waals surface area (Å²) in [6.45, 7) is 8.71. The minimum atomic E-state index is -0.243. The van der Waals surface area contributed by atoms with Crippen LogP contribution in [-0.4, -0.2) is 44.0 Å². The van der Waals surface area contributed by atoms with Gasteiger partial charge in [-0.05, 0) is 19.1 Å². The summed E-state index contributed by atoms with van der Waals surface area (Å²) in [5.41, 5.74) is 0.642. The van der Waals surface area contributed by atoms with Gasteiger partial charge in [0.15, 0.2) is 17.5 Å². The number of guanidine groups is 1. The van der Waals surface area contributed by atoms with Gasteiger partial charge in [0.25, 0.3) is 0 Å². The minimum Gasteiger partial charge on any atom is -0.490 e. The van der Waals surface area contributed by atoms with Crippen LogP contribution in [0.15, 0.2) is 23.2 Å². The van der Waals surface area contributed by atoms with Crippen LogP contribution in [0.4, 0.5) is 5.69 Å². The van der Waals surface area contributed by atoms with Gasteiger partial charge >= 0.3 is 0 Å². The molecular weight excluding hydrogens is 421 g/mol. The molecule has 1 aromatic rings. The smallest absolute Gasteiger partial charge is 0.195 e. The number of ether oxygens (including phenoxy) is 2. The van der Waals surface area contributed by atoms with Crippen molar-refractivity contribution in [1.82, 2.24) is 5.32 Å². The number of aliphatic hydroxyl groups excluding tert-OH is 1. The van der Waals surface area contributed by atoms with Crippen molar-refractivity contribution < 1.29 is 14.6 Å². The minimum absolute atomic E-state index is 0. The standard InChI is InChI=1S/C17H27N3O3.HI/c1-4-18-16(19-11-17(2,3)12-21)20-13-6-7-14-15(10-13)23-9-5-8-22-14;/h6-7,10,21H,4-5,8-9,11-12H2,1-3H3,(H2,18,19,20);1H. The van der Waals surface area contributed by atoms with Crippen LogP contribution in [0.2, 0.25) is 0 Å². The number of halogens is 1. The average Bonchev–Trinajstić information content (AvgIpc) is 2.78. The van der Waals surface area contributed by atoms with E-state index >= 15 is 0 Å². The first-order valence-electron chi connectivity index (χ1n) is 8.10. The molecule has 0 bridgehead atoms. The van der Waals surface area contributed by atoms with Gasteiger partial charge in [0, 0.05) is 36.7 Å². The SMILES string of the molecule is CCNC(=NCC(C)(C)CO)Nc1ccc2c(c1)OCCCO2.I. The zero-order chi connectivity index (χ0) is 16.7. The Morgan fingerprint density at radius 3 is 2.62 bits per heavy atom. The van der Waals surface area contributed by atoms with Gasteiger partial charge in [-0.25, -0.2) is 0 Å². The van der Waals surface area contributed by atoms with Crippen molar-refractivity contribution in [3.05, 3.63) is 18.2 Å². The molecule has 0 aromatic heterocycles. The molecule has 1 aromatic carbocycles. The van der Waals surface area contributed by atoms with Crippen LogP contribution in [0.25, 0.3) is 0 Å². The fraction of sp³-hybridized carbons (Fsp3) is 0.588. The van der Waals surface area contributed by atoms with Crippen molar-refractivity contribution >= 4 is 35.6 Å². The Bertz CT molecular complexity index is 550. The number of rotatable bonds is 5. The quantitative estimate of drug-likeness (QED) is 0.366. The van der Waals surface area contributed by atoms with E-state index in [4.69, 9.17) is 9.47 Å². The van der Waals surface area contributed by atoms with Gasteiger partial charge in [0.1, 0.15) is 0 Å². The van der Waals surface area contributed by atoms with E-state index in [-0.39, 0.29) is 36.0 Å². The Labute approximate surface area is 161 Å². The largest absolute Gasteiger partial charge is 0.490 e. The molecule has 0 spiro atoms. The molecule has 0 saturated heterocycles. The first kappa shape index (κ1) is 20.8. The lowest BCUT2D eigenvalue weighted by Crippen LogP contribution is -2.32. The van der Waals surface area contributed by atoms with Crippen molar-refractivity contribution in [2.75, 3.05) is 38.2 Å². The Balaban J connectivity index is 0.00000288. The fourth-order valence-corrected chi connectivity index (χ4v) is 2.03. The number of nitrogens with zero attached hydrogens (tertiary/aromatic N) is 1. The summed E-state index contributed by atoms with van der Waals surface area (Å²) >= 11 is 0. The lowest BCUT2D eigenvalue weighted by Gasteiger charge is -2.20. The number of aliphatic imine (C=N–C) groups is 1. The number of hydrogen-bond donors (Lipinski definition) is 3. The van der Waals surface area contributed by atoms with E-state index in [0.717, 1.165) is 30.2 Å². The first-order chi connectivity index (χ1) is 11.0. The molecule has 0 amide bonds. The maximum atomic E-state index is 9.35. The molecule has 0 atom stereocenters. The van der Waals surface area contributed by atoms with Gasteiger partial charge in [-0.2, -0.15) is 0 Å². The topological polar surface area (TPSA) is 75.1 Å². The van der Waals surface area contributed by atoms with E-state index in [2.05, 4.69) is 15.6 Å². The van der Waals surface area contributed by atoms with Gasteiger partial charge in [-0.1, -0.05) is 13.8 Å². The van der Waals surface area contributed by atoms with E-state index < -0.39 is 0 Å². The van der Waals surface area contributed by atoms with E-state index in [0.29, 0.717) is 25.7 Å². The summed E-state index contributed by atoms with van der Waals surface area (Å²) in [4.78, 5) is 4.54. The van der Waals surface area contributed by atoms with Gasteiger partial charge in [-0.15, -0.1) is 24.0 Å². The third-order valence-electron chi connectivity index (χ3n) is 3.45. The molecule has 1 aliphatic rings. The number of nitrogens with one attached hydrogen (secondary N) is 2. The Hall–Kier alpha value is -1.22. The molecule has 0 fully saturated rings. The zero-order valence-corrected chi connectivity index (χ0v) is 16.9. The van der Waals surface area contributed by atoms with Crippen molar-refractivity contribution in [3.8, 4) is 11.5 Å². The first-order valence-corrected chi connectivity index (χ1v) is 8.10. The van der Waals surface area contributed by atoms with Gasteiger partial charge in [-0.3, -0.25) is 4.99 Å². The Morgan fingerprint density at radius 1 is 1.25 bits per heavy atom. The molecular formula is C17H28IN3O3. The van der Waals surface area contributed by atoms with E-state index in [1.165, 1.54) is 0 Å². The molecule has 0 aliphatic carbocycles. The van der Waals surface area contributed by atoms with Crippen molar-refractivity contribution in [2.24, 2.45) is 10.4 Å². The third-order valence-corrected chi connectivity index (χ3v) is 3.45. The molecule has 7 heteroatoms. The van der Waals surface area contributed by atoms with Crippen LogP contribution in [0.1, 0.15) is 27.2 Å². The summed E-state index contributed by atoms with van der Waals surface area (Å²) in [5.74, 6) is 2.21. The maximum Gasteiger partial charge on any atom is 0.195 e. The summed E-state index contributed by atoms with van der Waals surface area (Å²) < 4.78 is 11.3.